The fourth-order valence-electron chi connectivity index (χ4n) is 4.09. The second kappa shape index (κ2) is 6.97. The lowest BCUT2D eigenvalue weighted by molar-refractivity contribution is 0.407. The molecule has 1 fully saturated rings. The van der Waals surface area contributed by atoms with Gasteiger partial charge in [0.15, 0.2) is 5.82 Å². The molecule has 1 saturated heterocycles. The Labute approximate surface area is 168 Å². The minimum atomic E-state index is -0.424. The smallest absolute Gasteiger partial charge is 0.347 e. The predicted octanol–water partition coefficient (Wildman–Crippen LogP) is 3.59. The lowest BCUT2D eigenvalue weighted by Gasteiger charge is -2.37. The molecule has 1 aliphatic rings. The molecule has 3 heterocycles. The Morgan fingerprint density at radius 1 is 1.03 bits per heavy atom. The van der Waals surface area contributed by atoms with Gasteiger partial charge in [0, 0.05) is 53.9 Å². The first-order chi connectivity index (χ1) is 14.1. The zero-order chi connectivity index (χ0) is 20.0. The van der Waals surface area contributed by atoms with E-state index in [2.05, 4.69) is 40.1 Å². The Bertz CT molecular complexity index is 1260. The number of benzene rings is 2. The second-order valence-corrected chi connectivity index (χ2v) is 7.80. The van der Waals surface area contributed by atoms with E-state index in [1.807, 2.05) is 42.5 Å². The van der Waals surface area contributed by atoms with Gasteiger partial charge in [-0.15, -0.1) is 0 Å². The van der Waals surface area contributed by atoms with Crippen molar-refractivity contribution in [1.82, 2.24) is 15.3 Å². The summed E-state index contributed by atoms with van der Waals surface area (Å²) in [6.07, 6.45) is 1.73. The summed E-state index contributed by atoms with van der Waals surface area (Å²) in [7, 11) is 0. The average molecular weight is 386 g/mol. The summed E-state index contributed by atoms with van der Waals surface area (Å²) in [6.45, 7) is 6.20. The molecule has 0 aliphatic carbocycles. The maximum atomic E-state index is 12.7. The van der Waals surface area contributed by atoms with Crippen LogP contribution in [0.4, 0.5) is 5.69 Å². The van der Waals surface area contributed by atoms with E-state index in [0.29, 0.717) is 29.1 Å². The molecule has 146 valence electrons. The molecule has 2 aromatic heterocycles. The zero-order valence-corrected chi connectivity index (χ0v) is 16.4. The molecule has 0 amide bonds. The van der Waals surface area contributed by atoms with E-state index in [4.69, 9.17) is 4.42 Å². The van der Waals surface area contributed by atoms with Gasteiger partial charge in [-0.05, 0) is 38.1 Å². The monoisotopic (exact) mass is 386 g/mol. The second-order valence-electron chi connectivity index (χ2n) is 7.80. The maximum Gasteiger partial charge on any atom is 0.347 e. The Balaban J connectivity index is 1.55. The molecule has 0 spiro atoms. The van der Waals surface area contributed by atoms with Crippen LogP contribution in [0.2, 0.25) is 0 Å². The summed E-state index contributed by atoms with van der Waals surface area (Å²) < 4.78 is 5.67. The summed E-state index contributed by atoms with van der Waals surface area (Å²) >= 11 is 0. The number of para-hydroxylation sites is 1. The van der Waals surface area contributed by atoms with E-state index in [-0.39, 0.29) is 0 Å². The number of anilines is 1. The fraction of sp³-hybridized carbons (Fsp3) is 0.261. The highest BCUT2D eigenvalue weighted by atomic mass is 16.4. The molecule has 0 bridgehead atoms. The third kappa shape index (κ3) is 3.36. The summed E-state index contributed by atoms with van der Waals surface area (Å²) in [5.41, 5.74) is 2.40. The first-order valence-corrected chi connectivity index (χ1v) is 9.88. The van der Waals surface area contributed by atoms with Crippen molar-refractivity contribution in [3.63, 3.8) is 0 Å². The van der Waals surface area contributed by atoms with Gasteiger partial charge in [-0.1, -0.05) is 18.2 Å². The van der Waals surface area contributed by atoms with Crippen molar-refractivity contribution in [2.24, 2.45) is 0 Å². The molecular weight excluding hydrogens is 364 g/mol. The van der Waals surface area contributed by atoms with E-state index in [9.17, 15) is 4.79 Å². The van der Waals surface area contributed by atoms with Crippen molar-refractivity contribution in [2.75, 3.05) is 18.0 Å². The van der Waals surface area contributed by atoms with Crippen LogP contribution in [-0.4, -0.2) is 35.1 Å². The van der Waals surface area contributed by atoms with Crippen molar-refractivity contribution in [3.05, 3.63) is 65.1 Å². The number of rotatable bonds is 2. The Morgan fingerprint density at radius 3 is 2.66 bits per heavy atom. The van der Waals surface area contributed by atoms with E-state index >= 15 is 0 Å². The van der Waals surface area contributed by atoms with Crippen LogP contribution in [0, 0.1) is 0 Å². The summed E-state index contributed by atoms with van der Waals surface area (Å²) in [6, 6.07) is 16.4. The van der Waals surface area contributed by atoms with Gasteiger partial charge in [-0.3, -0.25) is 0 Å². The van der Waals surface area contributed by atoms with Crippen molar-refractivity contribution < 1.29 is 4.42 Å². The third-order valence-electron chi connectivity index (χ3n) is 5.37. The normalized spacial score (nSPS) is 19.7. The van der Waals surface area contributed by atoms with Gasteiger partial charge in [-0.2, -0.15) is 0 Å². The van der Waals surface area contributed by atoms with Gasteiger partial charge >= 0.3 is 5.63 Å². The number of hydrogen-bond donors (Lipinski definition) is 1. The minimum absolute atomic E-state index is 0.375. The fourth-order valence-corrected chi connectivity index (χ4v) is 4.09. The molecule has 0 radical (unpaired) electrons. The van der Waals surface area contributed by atoms with Crippen molar-refractivity contribution >= 4 is 27.6 Å². The van der Waals surface area contributed by atoms with Crippen molar-refractivity contribution in [2.45, 2.75) is 25.9 Å². The van der Waals surface area contributed by atoms with Gasteiger partial charge in [0.25, 0.3) is 0 Å². The summed E-state index contributed by atoms with van der Waals surface area (Å²) in [5.74, 6) is 0.383. The molecule has 4 aromatic rings. The van der Waals surface area contributed by atoms with Crippen LogP contribution in [0.5, 0.6) is 0 Å². The van der Waals surface area contributed by atoms with Gasteiger partial charge in [-0.25, -0.2) is 14.8 Å². The molecule has 1 N–H and O–H groups in total. The van der Waals surface area contributed by atoms with E-state index in [1.165, 1.54) is 0 Å². The van der Waals surface area contributed by atoms with Crippen molar-refractivity contribution in [1.29, 1.82) is 0 Å². The lowest BCUT2D eigenvalue weighted by atomic mass is 10.1. The standard InChI is InChI=1S/C23H22N4O2/c1-14-12-27(13-15(2)25-14)18-8-7-16-9-19(23(28)29-21(16)10-18)22-24-11-17-5-3-4-6-20(17)26-22/h3-11,14-15,25H,12-13H2,1-2H3/t14-,15+. The van der Waals surface area contributed by atoms with Crippen LogP contribution in [0.3, 0.4) is 0 Å². The van der Waals surface area contributed by atoms with E-state index in [0.717, 1.165) is 35.1 Å². The van der Waals surface area contributed by atoms with Crippen LogP contribution < -0.4 is 15.8 Å². The molecule has 5 rings (SSSR count). The number of nitrogens with one attached hydrogen (secondary N) is 1. The molecular formula is C23H22N4O2. The Hall–Kier alpha value is -3.25. The van der Waals surface area contributed by atoms with Crippen LogP contribution in [-0.2, 0) is 0 Å². The SMILES string of the molecule is C[C@@H]1CN(c2ccc3cc(-c4ncc5ccccc5n4)c(=O)oc3c2)C[C@H](C)N1. The number of hydrogen-bond acceptors (Lipinski definition) is 6. The molecule has 1 aliphatic heterocycles. The maximum absolute atomic E-state index is 12.7. The van der Waals surface area contributed by atoms with Crippen LogP contribution in [0.15, 0.2) is 63.9 Å². The van der Waals surface area contributed by atoms with Crippen LogP contribution in [0.25, 0.3) is 33.3 Å². The molecule has 29 heavy (non-hydrogen) atoms. The van der Waals surface area contributed by atoms with Gasteiger partial charge < -0.3 is 14.6 Å². The summed E-state index contributed by atoms with van der Waals surface area (Å²) in [5, 5.41) is 5.33. The average Bonchev–Trinajstić information content (AvgIpc) is 2.72. The lowest BCUT2D eigenvalue weighted by Crippen LogP contribution is -2.54. The van der Waals surface area contributed by atoms with E-state index in [1.54, 1.807) is 6.20 Å². The van der Waals surface area contributed by atoms with Crippen LogP contribution in [0.1, 0.15) is 13.8 Å². The van der Waals surface area contributed by atoms with Gasteiger partial charge in [0.1, 0.15) is 11.1 Å². The summed E-state index contributed by atoms with van der Waals surface area (Å²) in [4.78, 5) is 23.9. The first-order valence-electron chi connectivity index (χ1n) is 9.88. The number of nitrogens with zero attached hydrogens (tertiary/aromatic N) is 3. The van der Waals surface area contributed by atoms with Crippen LogP contribution >= 0.6 is 0 Å². The van der Waals surface area contributed by atoms with Gasteiger partial charge in [0.05, 0.1) is 5.52 Å². The van der Waals surface area contributed by atoms with Gasteiger partial charge in [0.2, 0.25) is 0 Å². The third-order valence-corrected chi connectivity index (χ3v) is 5.37. The van der Waals surface area contributed by atoms with E-state index < -0.39 is 5.63 Å². The van der Waals surface area contributed by atoms with Crippen molar-refractivity contribution in [3.8, 4) is 11.4 Å². The molecule has 2 aromatic carbocycles. The topological polar surface area (TPSA) is 71.3 Å². The molecule has 6 nitrogen and oxygen atoms in total. The largest absolute Gasteiger partial charge is 0.422 e. The minimum Gasteiger partial charge on any atom is -0.422 e. The number of piperazine rings is 1. The highest BCUT2D eigenvalue weighted by Crippen LogP contribution is 2.26. The zero-order valence-electron chi connectivity index (χ0n) is 16.4. The Kier molecular flexibility index (Phi) is 4.28. The molecule has 2 atom stereocenters. The number of fused-ring (bicyclic) bond motifs is 2. The molecule has 0 saturated carbocycles. The number of aromatic nitrogens is 2. The highest BCUT2D eigenvalue weighted by Gasteiger charge is 2.21. The molecule has 0 unspecified atom stereocenters. The predicted molar refractivity (Wildman–Crippen MR) is 115 cm³/mol. The molecule has 6 heteroatoms. The Morgan fingerprint density at radius 2 is 1.83 bits per heavy atom. The quantitative estimate of drug-likeness (QED) is 0.531. The first kappa shape index (κ1) is 17.8. The highest BCUT2D eigenvalue weighted by molar-refractivity contribution is 5.85.